The summed E-state index contributed by atoms with van der Waals surface area (Å²) >= 11 is 0. The normalized spacial score (nSPS) is 22.8. The van der Waals surface area contributed by atoms with Gasteiger partial charge in [0.15, 0.2) is 6.10 Å². The first-order chi connectivity index (χ1) is 22.3. The van der Waals surface area contributed by atoms with E-state index in [1.165, 1.54) is 11.1 Å². The molecule has 0 unspecified atom stereocenters. The summed E-state index contributed by atoms with van der Waals surface area (Å²) in [4.78, 5) is 51.4. The van der Waals surface area contributed by atoms with E-state index in [0.29, 0.717) is 51.6 Å². The van der Waals surface area contributed by atoms with Gasteiger partial charge in [0.05, 0.1) is 49.1 Å². The summed E-state index contributed by atoms with van der Waals surface area (Å²) < 4.78 is 17.3. The number of amides is 2. The SMILES string of the molecule is Cc1cc(C[C@@H]2OC(=O)c3cnc4c(c3)C[C@@]3(C4)C(=O)Nc4ncc(cc43)/C=C\COCCOCCN(C)C2=O)cc2cn[nH]c12. The number of aromatic nitrogens is 4. The summed E-state index contributed by atoms with van der Waals surface area (Å²) in [5.41, 5.74) is 5.24. The number of hydrogen-bond donors (Lipinski definition) is 2. The number of H-pyrrole nitrogens is 1. The van der Waals surface area contributed by atoms with E-state index in [1.54, 1.807) is 25.5 Å². The van der Waals surface area contributed by atoms with E-state index in [9.17, 15) is 14.4 Å². The van der Waals surface area contributed by atoms with Crippen molar-refractivity contribution >= 4 is 40.6 Å². The van der Waals surface area contributed by atoms with Crippen LogP contribution < -0.4 is 5.32 Å². The van der Waals surface area contributed by atoms with Crippen LogP contribution in [0.4, 0.5) is 5.82 Å². The van der Waals surface area contributed by atoms with Crippen LogP contribution in [0.2, 0.25) is 0 Å². The summed E-state index contributed by atoms with van der Waals surface area (Å²) in [6.07, 6.45) is 8.54. The molecule has 236 valence electrons. The number of anilines is 1. The molecule has 12 nitrogen and oxygen atoms in total. The van der Waals surface area contributed by atoms with Gasteiger partial charge in [0, 0.05) is 55.5 Å². The number of nitrogens with one attached hydrogen (secondary N) is 2. The minimum atomic E-state index is -1.09. The monoisotopic (exact) mass is 622 g/mol. The molecule has 1 spiro atoms. The zero-order valence-electron chi connectivity index (χ0n) is 25.7. The number of pyridine rings is 2. The minimum absolute atomic E-state index is 0.144. The topological polar surface area (TPSA) is 149 Å². The number of carbonyl (C=O) groups excluding carboxylic acids is 3. The Hall–Kier alpha value is -4.94. The third-order valence-corrected chi connectivity index (χ3v) is 8.94. The standard InChI is InChI=1S/C34H34N6O6/c1-20-10-22(11-24-19-37-39-29(20)24)13-28-31(41)40(2)5-7-45-9-8-44-6-3-4-21-12-26-30(36-17-21)38-33(43)34(26)15-23-14-25(32(42)46-28)18-35-27(23)16-34/h3-4,10-12,14,17-19,28H,5-9,13,15-16H2,1-2H3,(H,37,39)(H,36,38,43)/b4-3-/t28-,34-/m0/s1. The molecule has 0 saturated carbocycles. The van der Waals surface area contributed by atoms with Gasteiger partial charge in [0.25, 0.3) is 5.91 Å². The van der Waals surface area contributed by atoms with Gasteiger partial charge in [-0.1, -0.05) is 18.2 Å². The second-order valence-corrected chi connectivity index (χ2v) is 12.1. The number of likely N-dealkylation sites (N-methyl/N-ethyl adjacent to an activating group) is 1. The van der Waals surface area contributed by atoms with Crippen molar-refractivity contribution in [2.75, 3.05) is 45.3 Å². The number of fused-ring (bicyclic) bond motifs is 3. The van der Waals surface area contributed by atoms with E-state index in [1.807, 2.05) is 37.3 Å². The molecule has 46 heavy (non-hydrogen) atoms. The number of ether oxygens (including phenoxy) is 3. The smallest absolute Gasteiger partial charge is 0.340 e. The summed E-state index contributed by atoms with van der Waals surface area (Å²) in [7, 11) is 1.66. The molecule has 3 aliphatic rings. The number of carbonyl (C=O) groups is 3. The van der Waals surface area contributed by atoms with Crippen molar-refractivity contribution in [3.8, 4) is 0 Å². The maximum absolute atomic E-state index is 13.7. The van der Waals surface area contributed by atoms with E-state index in [-0.39, 0.29) is 23.8 Å². The van der Waals surface area contributed by atoms with E-state index < -0.39 is 17.5 Å². The van der Waals surface area contributed by atoms with Crippen LogP contribution in [0.15, 0.2) is 48.9 Å². The summed E-state index contributed by atoms with van der Waals surface area (Å²) in [6, 6.07) is 7.60. The zero-order chi connectivity index (χ0) is 31.8. The van der Waals surface area contributed by atoms with Gasteiger partial charge in [0.2, 0.25) is 5.91 Å². The molecule has 1 aliphatic carbocycles. The molecule has 2 amide bonds. The van der Waals surface area contributed by atoms with Gasteiger partial charge in [-0.05, 0) is 53.8 Å². The third kappa shape index (κ3) is 5.54. The number of aromatic amines is 1. The Morgan fingerprint density at radius 3 is 2.76 bits per heavy atom. The molecule has 3 aromatic heterocycles. The Morgan fingerprint density at radius 1 is 1.00 bits per heavy atom. The van der Waals surface area contributed by atoms with Gasteiger partial charge in [0.1, 0.15) is 5.82 Å². The van der Waals surface area contributed by atoms with Crippen molar-refractivity contribution in [2.45, 2.75) is 37.7 Å². The fourth-order valence-corrected chi connectivity index (χ4v) is 6.51. The first-order valence-electron chi connectivity index (χ1n) is 15.3. The third-order valence-electron chi connectivity index (χ3n) is 8.94. The lowest BCUT2D eigenvalue weighted by atomic mass is 9.79. The number of aryl methyl sites for hydroxylation is 1. The van der Waals surface area contributed by atoms with Gasteiger partial charge in [-0.25, -0.2) is 9.78 Å². The molecule has 5 heterocycles. The highest BCUT2D eigenvalue weighted by molar-refractivity contribution is 6.06. The van der Waals surface area contributed by atoms with Gasteiger partial charge in [-0.2, -0.15) is 5.10 Å². The first-order valence-corrected chi connectivity index (χ1v) is 15.3. The molecule has 0 radical (unpaired) electrons. The largest absolute Gasteiger partial charge is 0.448 e. The number of hydrogen-bond acceptors (Lipinski definition) is 9. The van der Waals surface area contributed by atoms with Crippen molar-refractivity contribution in [3.05, 3.63) is 88.0 Å². The number of esters is 1. The molecule has 4 aromatic rings. The molecule has 12 heteroatoms. The Morgan fingerprint density at radius 2 is 1.87 bits per heavy atom. The Balaban J connectivity index is 1.20. The van der Waals surface area contributed by atoms with Gasteiger partial charge >= 0.3 is 5.97 Å². The van der Waals surface area contributed by atoms with E-state index in [2.05, 4.69) is 25.5 Å². The Bertz CT molecular complexity index is 1890. The summed E-state index contributed by atoms with van der Waals surface area (Å²) in [5.74, 6) is -0.618. The van der Waals surface area contributed by atoms with Gasteiger partial charge in [-0.3, -0.25) is 19.7 Å². The lowest BCUT2D eigenvalue weighted by Gasteiger charge is -2.24. The summed E-state index contributed by atoms with van der Waals surface area (Å²) in [5, 5.41) is 10.9. The number of rotatable bonds is 2. The Kier molecular flexibility index (Phi) is 7.83. The van der Waals surface area contributed by atoms with E-state index >= 15 is 0 Å². The minimum Gasteiger partial charge on any atom is -0.448 e. The van der Waals surface area contributed by atoms with Crippen LogP contribution in [0.3, 0.4) is 0 Å². The molecular weight excluding hydrogens is 588 g/mol. The predicted molar refractivity (Wildman–Crippen MR) is 168 cm³/mol. The number of benzene rings is 1. The Labute approximate surface area is 265 Å². The van der Waals surface area contributed by atoms with Crippen LogP contribution in [0.5, 0.6) is 0 Å². The summed E-state index contributed by atoms with van der Waals surface area (Å²) in [6.45, 7) is 3.70. The molecule has 2 atom stereocenters. The highest BCUT2D eigenvalue weighted by Gasteiger charge is 2.52. The second kappa shape index (κ2) is 12.1. The van der Waals surface area contributed by atoms with E-state index in [4.69, 9.17) is 14.2 Å². The van der Waals surface area contributed by atoms with Gasteiger partial charge in [-0.15, -0.1) is 0 Å². The molecule has 0 fully saturated rings. The lowest BCUT2D eigenvalue weighted by Crippen LogP contribution is -2.42. The fourth-order valence-electron chi connectivity index (χ4n) is 6.51. The predicted octanol–water partition coefficient (Wildman–Crippen LogP) is 2.94. The van der Waals surface area contributed by atoms with E-state index in [0.717, 1.165) is 44.4 Å². The molecular formula is C34H34N6O6. The second-order valence-electron chi connectivity index (χ2n) is 12.1. The molecule has 2 N–H and O–H groups in total. The van der Waals surface area contributed by atoms with Crippen LogP contribution in [-0.2, 0) is 48.5 Å². The molecule has 0 saturated heterocycles. The van der Waals surface area contributed by atoms with Crippen molar-refractivity contribution in [1.82, 2.24) is 25.1 Å². The van der Waals surface area contributed by atoms with Crippen molar-refractivity contribution in [3.63, 3.8) is 0 Å². The fraction of sp³-hybridized carbons (Fsp3) is 0.353. The van der Waals surface area contributed by atoms with Gasteiger partial charge < -0.3 is 24.4 Å². The van der Waals surface area contributed by atoms with Crippen LogP contribution in [0.1, 0.15) is 43.9 Å². The van der Waals surface area contributed by atoms with Crippen LogP contribution in [0.25, 0.3) is 17.0 Å². The van der Waals surface area contributed by atoms with Crippen molar-refractivity contribution in [1.29, 1.82) is 0 Å². The molecule has 2 aliphatic heterocycles. The molecule has 7 rings (SSSR count). The lowest BCUT2D eigenvalue weighted by molar-refractivity contribution is -0.140. The highest BCUT2D eigenvalue weighted by Crippen LogP contribution is 2.46. The van der Waals surface area contributed by atoms with Crippen LogP contribution in [0, 0.1) is 6.92 Å². The van der Waals surface area contributed by atoms with Crippen LogP contribution in [-0.4, -0.2) is 89.0 Å². The van der Waals surface area contributed by atoms with Crippen molar-refractivity contribution in [2.24, 2.45) is 0 Å². The van der Waals surface area contributed by atoms with Crippen molar-refractivity contribution < 1.29 is 28.6 Å². The quantitative estimate of drug-likeness (QED) is 0.322. The number of cyclic esters (lactones) is 1. The first kappa shape index (κ1) is 29.8. The average Bonchev–Trinajstić information content (AvgIpc) is 3.75. The number of nitrogens with zero attached hydrogens (tertiary/aromatic N) is 4. The highest BCUT2D eigenvalue weighted by atomic mass is 16.5. The molecule has 1 aromatic carbocycles. The van der Waals surface area contributed by atoms with Crippen LogP contribution >= 0.6 is 0 Å². The average molecular weight is 623 g/mol. The zero-order valence-corrected chi connectivity index (χ0v) is 25.7. The maximum Gasteiger partial charge on any atom is 0.340 e. The molecule has 5 bridgehead atoms. The maximum atomic E-state index is 13.7.